The number of hydrogen-bond donors (Lipinski definition) is 1. The number of rotatable bonds is 12. The Morgan fingerprint density at radius 2 is 1.82 bits per heavy atom. The summed E-state index contributed by atoms with van der Waals surface area (Å²) < 4.78 is 13.8. The molecule has 4 rings (SSSR count). The van der Waals surface area contributed by atoms with Crippen LogP contribution in [0.1, 0.15) is 27.2 Å². The van der Waals surface area contributed by atoms with E-state index in [4.69, 9.17) is 32.7 Å². The summed E-state index contributed by atoms with van der Waals surface area (Å²) in [5.41, 5.74) is 3.61. The van der Waals surface area contributed by atoms with Crippen LogP contribution in [0.5, 0.6) is 5.75 Å². The van der Waals surface area contributed by atoms with Gasteiger partial charge in [-0.05, 0) is 70.9 Å². The van der Waals surface area contributed by atoms with E-state index in [-0.39, 0.29) is 24.1 Å². The van der Waals surface area contributed by atoms with Crippen molar-refractivity contribution in [3.05, 3.63) is 97.8 Å². The van der Waals surface area contributed by atoms with Gasteiger partial charge in [-0.1, -0.05) is 35.3 Å². The Labute approximate surface area is 279 Å². The maximum absolute atomic E-state index is 13.0. The van der Waals surface area contributed by atoms with Crippen LogP contribution in [-0.2, 0) is 20.9 Å². The lowest BCUT2D eigenvalue weighted by atomic mass is 10.1. The molecule has 45 heavy (non-hydrogen) atoms. The summed E-state index contributed by atoms with van der Waals surface area (Å²) in [4.78, 5) is 45.3. The molecule has 0 fully saturated rings. The Balaban J connectivity index is 1.34. The summed E-state index contributed by atoms with van der Waals surface area (Å²) >= 11 is 16.7. The molecule has 236 valence electrons. The molecule has 2 heterocycles. The van der Waals surface area contributed by atoms with Crippen molar-refractivity contribution in [2.24, 2.45) is 0 Å². The summed E-state index contributed by atoms with van der Waals surface area (Å²) in [5, 5.41) is 3.22. The van der Waals surface area contributed by atoms with E-state index < -0.39 is 11.8 Å². The number of benzene rings is 2. The van der Waals surface area contributed by atoms with Crippen molar-refractivity contribution in [1.82, 2.24) is 19.6 Å². The minimum Gasteiger partial charge on any atom is -0.485 e. The second kappa shape index (κ2) is 15.4. The van der Waals surface area contributed by atoms with Crippen molar-refractivity contribution >= 4 is 74.3 Å². The first-order chi connectivity index (χ1) is 21.5. The second-order valence-electron chi connectivity index (χ2n) is 10.0. The lowest BCUT2D eigenvalue weighted by Crippen LogP contribution is -2.37. The van der Waals surface area contributed by atoms with E-state index in [1.165, 1.54) is 11.0 Å². The molecule has 0 saturated heterocycles. The van der Waals surface area contributed by atoms with Crippen LogP contribution in [0.4, 0.5) is 5.69 Å². The summed E-state index contributed by atoms with van der Waals surface area (Å²) in [6.45, 7) is 2.59. The van der Waals surface area contributed by atoms with E-state index in [1.54, 1.807) is 74.6 Å². The molecule has 3 amide bonds. The predicted octanol–water partition coefficient (Wildman–Crippen LogP) is 5.80. The number of fused-ring (bicyclic) bond motifs is 1. The number of pyridine rings is 1. The zero-order valence-electron chi connectivity index (χ0n) is 25.1. The van der Waals surface area contributed by atoms with E-state index in [2.05, 4.69) is 26.2 Å². The van der Waals surface area contributed by atoms with Gasteiger partial charge < -0.3 is 24.6 Å². The van der Waals surface area contributed by atoms with Crippen molar-refractivity contribution in [3.8, 4) is 5.75 Å². The Morgan fingerprint density at radius 1 is 1.09 bits per heavy atom. The zero-order valence-corrected chi connectivity index (χ0v) is 28.2. The highest BCUT2D eigenvalue weighted by Gasteiger charge is 2.20. The van der Waals surface area contributed by atoms with Gasteiger partial charge in [0.15, 0.2) is 11.4 Å². The zero-order chi connectivity index (χ0) is 32.7. The first-order valence-corrected chi connectivity index (χ1v) is 15.4. The summed E-state index contributed by atoms with van der Waals surface area (Å²) in [6, 6.07) is 13.8. The molecule has 4 aromatic rings. The van der Waals surface area contributed by atoms with Crippen molar-refractivity contribution < 1.29 is 23.9 Å². The fourth-order valence-electron chi connectivity index (χ4n) is 4.30. The van der Waals surface area contributed by atoms with Gasteiger partial charge in [-0.25, -0.2) is 4.98 Å². The monoisotopic (exact) mass is 715 g/mol. The Kier molecular flexibility index (Phi) is 11.6. The molecule has 2 aromatic carbocycles. The van der Waals surface area contributed by atoms with Gasteiger partial charge in [0, 0.05) is 56.2 Å². The second-order valence-corrected chi connectivity index (χ2v) is 11.6. The standard InChI is InChI=1S/C32H32BrCl2N5O5/c1-20-30(33)40-15-5-6-26(31(40)37-20)45-19-23-24(34)12-13-25(29(23)35)39(3)28(42)18-36-27(41)14-9-21-7-10-22(11-8-21)32(43)38(2)16-17-44-4/h5-15H,16-19H2,1-4H3,(H,36,41)/b14-9+. The van der Waals surface area contributed by atoms with Crippen LogP contribution in [0.3, 0.4) is 0 Å². The molecule has 0 bridgehead atoms. The maximum Gasteiger partial charge on any atom is 0.253 e. The smallest absolute Gasteiger partial charge is 0.253 e. The van der Waals surface area contributed by atoms with E-state index in [0.717, 1.165) is 15.9 Å². The van der Waals surface area contributed by atoms with Crippen molar-refractivity contribution in [3.63, 3.8) is 0 Å². The molecule has 1 N–H and O–H groups in total. The average molecular weight is 717 g/mol. The van der Waals surface area contributed by atoms with E-state index >= 15 is 0 Å². The number of amides is 3. The largest absolute Gasteiger partial charge is 0.485 e. The number of carbonyl (C=O) groups excluding carboxylic acids is 3. The van der Waals surface area contributed by atoms with E-state index in [0.29, 0.717) is 46.4 Å². The molecule has 0 unspecified atom stereocenters. The number of ether oxygens (including phenoxy) is 2. The number of anilines is 1. The third kappa shape index (κ3) is 8.23. The van der Waals surface area contributed by atoms with Gasteiger partial charge in [-0.15, -0.1) is 0 Å². The number of carbonyl (C=O) groups is 3. The van der Waals surface area contributed by atoms with Gasteiger partial charge in [0.05, 0.1) is 29.6 Å². The molecule has 2 aromatic heterocycles. The minimum absolute atomic E-state index is 0.0396. The van der Waals surface area contributed by atoms with Crippen LogP contribution in [0.2, 0.25) is 10.0 Å². The lowest BCUT2D eigenvalue weighted by Gasteiger charge is -2.21. The molecule has 0 aliphatic rings. The molecule has 0 saturated carbocycles. The topological polar surface area (TPSA) is 105 Å². The number of imidazole rings is 1. The molecular weight excluding hydrogens is 685 g/mol. The van der Waals surface area contributed by atoms with Gasteiger partial charge in [-0.3, -0.25) is 18.8 Å². The summed E-state index contributed by atoms with van der Waals surface area (Å²) in [6.07, 6.45) is 4.78. The van der Waals surface area contributed by atoms with Crippen molar-refractivity contribution in [2.75, 3.05) is 45.8 Å². The maximum atomic E-state index is 13.0. The highest BCUT2D eigenvalue weighted by molar-refractivity contribution is 9.10. The SMILES string of the molecule is COCCN(C)C(=O)c1ccc(/C=C/C(=O)NCC(=O)N(C)c2ccc(Cl)c(COc3cccn4c(Br)c(C)nc34)c2Cl)cc1. The third-order valence-corrected chi connectivity index (χ3v) is 8.70. The number of aromatic nitrogens is 2. The molecular formula is C32H32BrCl2N5O5. The molecule has 10 nitrogen and oxygen atoms in total. The van der Waals surface area contributed by atoms with E-state index in [9.17, 15) is 14.4 Å². The minimum atomic E-state index is -0.456. The number of aryl methyl sites for hydroxylation is 1. The first kappa shape index (κ1) is 34.0. The number of nitrogens with one attached hydrogen (secondary N) is 1. The van der Waals surface area contributed by atoms with Gasteiger partial charge in [-0.2, -0.15) is 0 Å². The van der Waals surface area contributed by atoms with Gasteiger partial charge in [0.2, 0.25) is 11.8 Å². The number of nitrogens with zero attached hydrogens (tertiary/aromatic N) is 4. The first-order valence-electron chi connectivity index (χ1n) is 13.8. The molecule has 0 atom stereocenters. The average Bonchev–Trinajstić information content (AvgIpc) is 3.34. The Hall–Kier alpha value is -3.90. The van der Waals surface area contributed by atoms with Crippen LogP contribution in [0.15, 0.2) is 65.4 Å². The fraction of sp³-hybridized carbons (Fsp3) is 0.250. The summed E-state index contributed by atoms with van der Waals surface area (Å²) in [5.74, 6) is -0.434. The third-order valence-electron chi connectivity index (χ3n) is 6.96. The van der Waals surface area contributed by atoms with Crippen LogP contribution in [0, 0.1) is 6.92 Å². The fourth-order valence-corrected chi connectivity index (χ4v) is 5.28. The lowest BCUT2D eigenvalue weighted by molar-refractivity contribution is -0.122. The van der Waals surface area contributed by atoms with Crippen molar-refractivity contribution in [2.45, 2.75) is 13.5 Å². The number of likely N-dealkylation sites (N-methyl/N-ethyl adjacent to an activating group) is 2. The number of halogens is 3. The highest BCUT2D eigenvalue weighted by atomic mass is 79.9. The molecule has 13 heteroatoms. The summed E-state index contributed by atoms with van der Waals surface area (Å²) in [7, 11) is 4.85. The molecule has 0 spiro atoms. The molecule has 0 radical (unpaired) electrons. The van der Waals surface area contributed by atoms with Crippen LogP contribution >= 0.6 is 39.1 Å². The van der Waals surface area contributed by atoms with Crippen LogP contribution < -0.4 is 15.0 Å². The van der Waals surface area contributed by atoms with Crippen LogP contribution in [0.25, 0.3) is 11.7 Å². The molecule has 0 aliphatic carbocycles. The predicted molar refractivity (Wildman–Crippen MR) is 179 cm³/mol. The van der Waals surface area contributed by atoms with Crippen molar-refractivity contribution in [1.29, 1.82) is 0 Å². The highest BCUT2D eigenvalue weighted by Crippen LogP contribution is 2.35. The Bertz CT molecular complexity index is 1740. The Morgan fingerprint density at radius 3 is 2.53 bits per heavy atom. The van der Waals surface area contributed by atoms with Gasteiger partial charge in [0.1, 0.15) is 11.2 Å². The van der Waals surface area contributed by atoms with E-state index in [1.807, 2.05) is 23.6 Å². The van der Waals surface area contributed by atoms with Gasteiger partial charge >= 0.3 is 0 Å². The van der Waals surface area contributed by atoms with Crippen LogP contribution in [-0.4, -0.2) is 72.9 Å². The number of hydrogen-bond acceptors (Lipinski definition) is 6. The quantitative estimate of drug-likeness (QED) is 0.186. The van der Waals surface area contributed by atoms with Gasteiger partial charge in [0.25, 0.3) is 5.91 Å². The number of methoxy groups -OCH3 is 1. The molecule has 0 aliphatic heterocycles. The normalized spacial score (nSPS) is 11.2.